The Bertz CT molecular complexity index is 1050. The van der Waals surface area contributed by atoms with E-state index in [0.29, 0.717) is 29.2 Å². The summed E-state index contributed by atoms with van der Waals surface area (Å²) in [4.78, 5) is 26.5. The summed E-state index contributed by atoms with van der Waals surface area (Å²) in [5.41, 5.74) is 1.49. The van der Waals surface area contributed by atoms with Crippen LogP contribution in [0.4, 0.5) is 11.4 Å². The number of nitrogens with one attached hydrogen (secondary N) is 1. The average molecular weight is 417 g/mol. The van der Waals surface area contributed by atoms with Gasteiger partial charge in [0.1, 0.15) is 5.75 Å². The lowest BCUT2D eigenvalue weighted by atomic mass is 10.1. The third kappa shape index (κ3) is 3.96. The summed E-state index contributed by atoms with van der Waals surface area (Å²) in [5, 5.41) is 2.77. The van der Waals surface area contributed by atoms with Crippen LogP contribution in [0, 0.1) is 0 Å². The molecule has 9 heteroatoms. The second-order valence-corrected chi connectivity index (χ2v) is 8.94. The van der Waals surface area contributed by atoms with E-state index in [1.165, 1.54) is 38.4 Å². The number of hydrogen-bond donors (Lipinski definition) is 1. The molecule has 29 heavy (non-hydrogen) atoms. The van der Waals surface area contributed by atoms with Crippen LogP contribution in [0.5, 0.6) is 5.75 Å². The molecule has 0 aromatic heterocycles. The van der Waals surface area contributed by atoms with Crippen molar-refractivity contribution < 1.29 is 22.7 Å². The van der Waals surface area contributed by atoms with Crippen molar-refractivity contribution in [1.29, 1.82) is 0 Å². The lowest BCUT2D eigenvalue weighted by Gasteiger charge is -2.32. The molecule has 1 unspecified atom stereocenters. The van der Waals surface area contributed by atoms with Crippen molar-refractivity contribution in [2.24, 2.45) is 0 Å². The smallest absolute Gasteiger partial charge is 0.267 e. The lowest BCUT2D eigenvalue weighted by Crippen LogP contribution is -2.44. The van der Waals surface area contributed by atoms with Gasteiger partial charge < -0.3 is 15.0 Å². The highest BCUT2D eigenvalue weighted by Crippen LogP contribution is 2.36. The van der Waals surface area contributed by atoms with E-state index >= 15 is 0 Å². The van der Waals surface area contributed by atoms with Crippen LogP contribution < -0.4 is 15.0 Å². The van der Waals surface area contributed by atoms with E-state index in [1.807, 2.05) is 6.92 Å². The van der Waals surface area contributed by atoms with Gasteiger partial charge in [0, 0.05) is 38.0 Å². The summed E-state index contributed by atoms with van der Waals surface area (Å²) < 4.78 is 31.0. The van der Waals surface area contributed by atoms with E-state index in [-0.39, 0.29) is 16.7 Å². The monoisotopic (exact) mass is 417 g/mol. The van der Waals surface area contributed by atoms with Crippen molar-refractivity contribution in [3.05, 3.63) is 48.0 Å². The number of anilines is 2. The normalized spacial score (nSPS) is 16.4. The third-order valence-electron chi connectivity index (χ3n) is 4.64. The molecule has 0 saturated carbocycles. The topological polar surface area (TPSA) is 96.0 Å². The van der Waals surface area contributed by atoms with Crippen LogP contribution in [0.3, 0.4) is 0 Å². The first-order valence-corrected chi connectivity index (χ1v) is 10.5. The van der Waals surface area contributed by atoms with E-state index in [4.69, 9.17) is 4.74 Å². The molecule has 0 fully saturated rings. The number of fused-ring (bicyclic) bond motifs is 1. The Labute approximate surface area is 170 Å². The Kier molecular flexibility index (Phi) is 5.63. The standard InChI is InChI=1S/C20H23N3O5S/c1-5-23-17-11-8-15(12-18(17)28-13(2)20(23)25)21-19(24)14-6-9-16(10-7-14)29(26,27)22(3)4/h6-13H,5H2,1-4H3,(H,21,24). The molecule has 1 heterocycles. The molecule has 0 spiro atoms. The maximum absolute atomic E-state index is 12.5. The fourth-order valence-corrected chi connectivity index (χ4v) is 3.91. The second kappa shape index (κ2) is 7.84. The Morgan fingerprint density at radius 3 is 2.41 bits per heavy atom. The van der Waals surface area contributed by atoms with Crippen molar-refractivity contribution >= 4 is 33.2 Å². The van der Waals surface area contributed by atoms with Gasteiger partial charge in [-0.1, -0.05) is 0 Å². The number of amides is 2. The van der Waals surface area contributed by atoms with Crippen LogP contribution >= 0.6 is 0 Å². The van der Waals surface area contributed by atoms with E-state index in [2.05, 4.69) is 5.32 Å². The van der Waals surface area contributed by atoms with Crippen LogP contribution in [-0.2, 0) is 14.8 Å². The number of sulfonamides is 1. The van der Waals surface area contributed by atoms with Gasteiger partial charge in [-0.05, 0) is 50.2 Å². The van der Waals surface area contributed by atoms with Crippen LogP contribution in [0.15, 0.2) is 47.4 Å². The van der Waals surface area contributed by atoms with Gasteiger partial charge in [0.25, 0.3) is 11.8 Å². The van der Waals surface area contributed by atoms with Crippen molar-refractivity contribution in [3.63, 3.8) is 0 Å². The van der Waals surface area contributed by atoms with E-state index in [9.17, 15) is 18.0 Å². The van der Waals surface area contributed by atoms with Gasteiger partial charge in [-0.3, -0.25) is 9.59 Å². The van der Waals surface area contributed by atoms with Gasteiger partial charge in [-0.15, -0.1) is 0 Å². The summed E-state index contributed by atoms with van der Waals surface area (Å²) in [6, 6.07) is 10.8. The zero-order valence-corrected chi connectivity index (χ0v) is 17.5. The number of nitrogens with zero attached hydrogens (tertiary/aromatic N) is 2. The molecule has 8 nitrogen and oxygen atoms in total. The van der Waals surface area contributed by atoms with Crippen molar-refractivity contribution in [3.8, 4) is 5.75 Å². The maximum atomic E-state index is 12.5. The minimum absolute atomic E-state index is 0.107. The summed E-state index contributed by atoms with van der Waals surface area (Å²) in [6.07, 6.45) is -0.598. The molecule has 3 rings (SSSR count). The van der Waals surface area contributed by atoms with Crippen LogP contribution in [-0.4, -0.2) is 51.3 Å². The number of likely N-dealkylation sites (N-methyl/N-ethyl adjacent to an activating group) is 1. The second-order valence-electron chi connectivity index (χ2n) is 6.79. The van der Waals surface area contributed by atoms with Gasteiger partial charge in [-0.25, -0.2) is 12.7 Å². The lowest BCUT2D eigenvalue weighted by molar-refractivity contribution is -0.125. The number of ether oxygens (including phenoxy) is 1. The highest BCUT2D eigenvalue weighted by molar-refractivity contribution is 7.89. The zero-order chi connectivity index (χ0) is 21.3. The summed E-state index contributed by atoms with van der Waals surface area (Å²) in [5.74, 6) is 0.0276. The fourth-order valence-electron chi connectivity index (χ4n) is 3.01. The summed E-state index contributed by atoms with van der Waals surface area (Å²) in [7, 11) is -0.660. The van der Waals surface area contributed by atoms with Crippen LogP contribution in [0.25, 0.3) is 0 Å². The Hall–Kier alpha value is -2.91. The van der Waals surface area contributed by atoms with Crippen molar-refractivity contribution in [2.75, 3.05) is 30.9 Å². The van der Waals surface area contributed by atoms with Crippen LogP contribution in [0.2, 0.25) is 0 Å². The largest absolute Gasteiger partial charge is 0.479 e. The Morgan fingerprint density at radius 2 is 1.83 bits per heavy atom. The van der Waals surface area contributed by atoms with Gasteiger partial charge in [0.05, 0.1) is 10.6 Å². The summed E-state index contributed by atoms with van der Waals surface area (Å²) >= 11 is 0. The minimum atomic E-state index is -3.55. The number of rotatable bonds is 5. The predicted molar refractivity (Wildman–Crippen MR) is 110 cm³/mol. The summed E-state index contributed by atoms with van der Waals surface area (Å²) in [6.45, 7) is 4.09. The first-order chi connectivity index (χ1) is 13.6. The minimum Gasteiger partial charge on any atom is -0.479 e. The fraction of sp³-hybridized carbons (Fsp3) is 0.300. The predicted octanol–water partition coefficient (Wildman–Crippen LogP) is 2.32. The molecule has 2 aromatic rings. The molecular weight excluding hydrogens is 394 g/mol. The van der Waals surface area contributed by atoms with E-state index in [0.717, 1.165) is 4.31 Å². The molecule has 154 valence electrons. The average Bonchev–Trinajstić information content (AvgIpc) is 2.69. The molecule has 0 saturated heterocycles. The van der Waals surface area contributed by atoms with Crippen molar-refractivity contribution in [1.82, 2.24) is 4.31 Å². The van der Waals surface area contributed by atoms with Gasteiger partial charge in [-0.2, -0.15) is 0 Å². The molecule has 2 amide bonds. The molecule has 1 N–H and O–H groups in total. The molecule has 0 bridgehead atoms. The number of hydrogen-bond acceptors (Lipinski definition) is 5. The molecule has 0 aliphatic carbocycles. The number of carbonyl (C=O) groups is 2. The number of carbonyl (C=O) groups excluding carboxylic acids is 2. The van der Waals surface area contributed by atoms with Gasteiger partial charge in [0.2, 0.25) is 10.0 Å². The Balaban J connectivity index is 1.80. The quantitative estimate of drug-likeness (QED) is 0.806. The van der Waals surface area contributed by atoms with Crippen molar-refractivity contribution in [2.45, 2.75) is 24.8 Å². The molecule has 1 atom stereocenters. The highest BCUT2D eigenvalue weighted by atomic mass is 32.2. The molecular formula is C20H23N3O5S. The first kappa shape index (κ1) is 20.8. The first-order valence-electron chi connectivity index (χ1n) is 9.11. The Morgan fingerprint density at radius 1 is 1.17 bits per heavy atom. The van der Waals surface area contributed by atoms with E-state index in [1.54, 1.807) is 30.0 Å². The van der Waals surface area contributed by atoms with Crippen LogP contribution in [0.1, 0.15) is 24.2 Å². The molecule has 2 aromatic carbocycles. The SMILES string of the molecule is CCN1C(=O)C(C)Oc2cc(NC(=O)c3ccc(S(=O)(=O)N(C)C)cc3)ccc21. The molecule has 1 aliphatic heterocycles. The van der Waals surface area contributed by atoms with E-state index < -0.39 is 16.1 Å². The highest BCUT2D eigenvalue weighted by Gasteiger charge is 2.30. The van der Waals surface area contributed by atoms with Gasteiger partial charge in [0.15, 0.2) is 6.10 Å². The molecule has 0 radical (unpaired) electrons. The maximum Gasteiger partial charge on any atom is 0.267 e. The third-order valence-corrected chi connectivity index (χ3v) is 6.47. The van der Waals surface area contributed by atoms with Gasteiger partial charge >= 0.3 is 0 Å². The molecule has 1 aliphatic rings. The number of benzene rings is 2. The zero-order valence-electron chi connectivity index (χ0n) is 16.7.